The maximum Gasteiger partial charge on any atom is 0.204 e. The molecule has 0 saturated carbocycles. The highest BCUT2D eigenvalue weighted by Crippen LogP contribution is 2.23. The fraction of sp³-hybridized carbons (Fsp3) is 0.304. The number of nitrogens with two attached hydrogens (primary N) is 1. The molecule has 3 aromatic rings. The first kappa shape index (κ1) is 23.0. The van der Waals surface area contributed by atoms with Crippen LogP contribution in [0.25, 0.3) is 28.1 Å². The summed E-state index contributed by atoms with van der Waals surface area (Å²) in [5.74, 6) is 1.07. The van der Waals surface area contributed by atoms with Crippen molar-refractivity contribution < 1.29 is 9.90 Å². The molecule has 1 aliphatic heterocycles. The lowest BCUT2D eigenvalue weighted by Gasteiger charge is -2.12. The minimum atomic E-state index is 0.199. The third-order valence-electron chi connectivity index (χ3n) is 5.15. The highest BCUT2D eigenvalue weighted by Gasteiger charge is 2.13. The Morgan fingerprint density at radius 1 is 1.31 bits per heavy atom. The molecular weight excluding hydrogens is 406 g/mol. The van der Waals surface area contributed by atoms with E-state index in [4.69, 9.17) is 4.79 Å². The van der Waals surface area contributed by atoms with Crippen LogP contribution >= 0.6 is 0 Å². The zero-order valence-corrected chi connectivity index (χ0v) is 18.1. The van der Waals surface area contributed by atoms with Crippen molar-refractivity contribution in [1.82, 2.24) is 25.1 Å². The van der Waals surface area contributed by atoms with Gasteiger partial charge in [-0.15, -0.1) is 0 Å². The molecule has 0 radical (unpaired) electrons. The van der Waals surface area contributed by atoms with E-state index < -0.39 is 0 Å². The van der Waals surface area contributed by atoms with Crippen LogP contribution in [0.4, 0.5) is 0 Å². The number of carbonyl (C=O) groups excluding carboxylic acids is 1. The molecule has 0 bridgehead atoms. The van der Waals surface area contributed by atoms with Crippen LogP contribution in [0.15, 0.2) is 53.7 Å². The van der Waals surface area contributed by atoms with Crippen LogP contribution in [0.5, 0.6) is 0 Å². The number of nitrogens with one attached hydrogen (secondary N) is 2. The molecule has 9 nitrogen and oxygen atoms in total. The molecule has 9 heteroatoms. The van der Waals surface area contributed by atoms with Crippen LogP contribution < -0.4 is 11.1 Å². The van der Waals surface area contributed by atoms with Crippen LogP contribution in [0, 0.1) is 5.92 Å². The van der Waals surface area contributed by atoms with Gasteiger partial charge in [-0.3, -0.25) is 14.5 Å². The highest BCUT2D eigenvalue weighted by atomic mass is 16.3. The smallest absolute Gasteiger partial charge is 0.204 e. The Morgan fingerprint density at radius 2 is 2.12 bits per heavy atom. The molecule has 168 valence electrons. The molecule has 1 unspecified atom stereocenters. The van der Waals surface area contributed by atoms with Gasteiger partial charge in [-0.2, -0.15) is 5.10 Å². The number of aromatic amines is 1. The number of primary amides is 1. The van der Waals surface area contributed by atoms with Crippen molar-refractivity contribution in [3.63, 3.8) is 0 Å². The average molecular weight is 436 g/mol. The van der Waals surface area contributed by atoms with Crippen molar-refractivity contribution >= 4 is 29.2 Å². The number of imidazole rings is 1. The van der Waals surface area contributed by atoms with Gasteiger partial charge in [0.05, 0.1) is 16.7 Å². The van der Waals surface area contributed by atoms with Gasteiger partial charge in [0.25, 0.3) is 0 Å². The summed E-state index contributed by atoms with van der Waals surface area (Å²) in [6.07, 6.45) is 9.82. The number of aliphatic hydroxyl groups is 1. The van der Waals surface area contributed by atoms with Gasteiger partial charge >= 0.3 is 0 Å². The predicted octanol–water partition coefficient (Wildman–Crippen LogP) is 2.02. The number of fused-ring (bicyclic) bond motifs is 1. The number of allylic oxidation sites excluding steroid dienone is 3. The van der Waals surface area contributed by atoms with Gasteiger partial charge in [0, 0.05) is 38.5 Å². The molecular formula is C23H29N7O2. The van der Waals surface area contributed by atoms with E-state index in [0.717, 1.165) is 53.2 Å². The van der Waals surface area contributed by atoms with E-state index in [2.05, 4.69) is 31.1 Å². The highest BCUT2D eigenvalue weighted by molar-refractivity contribution is 6.09. The summed E-state index contributed by atoms with van der Waals surface area (Å²) in [4.78, 5) is 21.2. The van der Waals surface area contributed by atoms with E-state index in [9.17, 15) is 5.11 Å². The number of amides is 1. The Kier molecular flexibility index (Phi) is 8.33. The normalized spacial score (nSPS) is 19.4. The molecule has 1 amide bonds. The van der Waals surface area contributed by atoms with Gasteiger partial charge in [0.1, 0.15) is 5.69 Å². The van der Waals surface area contributed by atoms with Crippen molar-refractivity contribution in [2.75, 3.05) is 19.7 Å². The second-order valence-electron chi connectivity index (χ2n) is 7.37. The van der Waals surface area contributed by atoms with Crippen LogP contribution in [-0.2, 0) is 11.8 Å². The van der Waals surface area contributed by atoms with Crippen LogP contribution in [0.3, 0.4) is 0 Å². The molecule has 0 aliphatic carbocycles. The number of hydrogen-bond donors (Lipinski definition) is 4. The molecule has 0 saturated heterocycles. The standard InChI is InChI=1S/C22H26N6O.CH3NO/c1-28-21(22-25-18-6-2-3-7-19(18)26-22)13-20(27-28)17-5-4-10-23-11-8-16(15-29)9-12-24-14-17;2-1-3/h2-7,10,13-14,16,23,29H,8-9,11-12,15H2,1H3,(H,25,26);1H,(H2,2,3)/b10-4+,17-5+,24-14?;. The molecule has 5 N–H and O–H groups in total. The van der Waals surface area contributed by atoms with Gasteiger partial charge in [-0.25, -0.2) is 4.98 Å². The van der Waals surface area contributed by atoms with Crippen molar-refractivity contribution in [3.8, 4) is 11.5 Å². The summed E-state index contributed by atoms with van der Waals surface area (Å²) in [5, 5.41) is 17.4. The lowest BCUT2D eigenvalue weighted by Crippen LogP contribution is -2.16. The second kappa shape index (κ2) is 11.6. The number of nitrogens with zero attached hydrogens (tertiary/aromatic N) is 4. The number of rotatable bonds is 3. The Morgan fingerprint density at radius 3 is 2.91 bits per heavy atom. The largest absolute Gasteiger partial charge is 0.396 e. The average Bonchev–Trinajstić information content (AvgIpc) is 3.38. The fourth-order valence-corrected chi connectivity index (χ4v) is 3.44. The Hall–Kier alpha value is -3.72. The molecule has 32 heavy (non-hydrogen) atoms. The number of aliphatic hydroxyl groups excluding tert-OH is 1. The van der Waals surface area contributed by atoms with E-state index in [1.807, 2.05) is 66.6 Å². The predicted molar refractivity (Wildman–Crippen MR) is 127 cm³/mol. The molecule has 4 rings (SSSR count). The Balaban J connectivity index is 0.000000913. The molecule has 1 atom stereocenters. The summed E-state index contributed by atoms with van der Waals surface area (Å²) < 4.78 is 1.83. The van der Waals surface area contributed by atoms with E-state index in [0.29, 0.717) is 6.54 Å². The zero-order valence-electron chi connectivity index (χ0n) is 18.1. The molecule has 1 aliphatic rings. The van der Waals surface area contributed by atoms with Crippen molar-refractivity contribution in [2.24, 2.45) is 23.7 Å². The number of carbonyl (C=O) groups is 1. The summed E-state index contributed by atoms with van der Waals surface area (Å²) >= 11 is 0. The van der Waals surface area contributed by atoms with Crippen LogP contribution in [-0.4, -0.2) is 57.2 Å². The number of aromatic nitrogens is 4. The van der Waals surface area contributed by atoms with Gasteiger partial charge < -0.3 is 21.1 Å². The lowest BCUT2D eigenvalue weighted by molar-refractivity contribution is -0.106. The van der Waals surface area contributed by atoms with Crippen molar-refractivity contribution in [1.29, 1.82) is 0 Å². The second-order valence-corrected chi connectivity index (χ2v) is 7.37. The summed E-state index contributed by atoms with van der Waals surface area (Å²) in [7, 11) is 1.92. The van der Waals surface area contributed by atoms with Crippen molar-refractivity contribution in [2.45, 2.75) is 12.8 Å². The van der Waals surface area contributed by atoms with Crippen molar-refractivity contribution in [3.05, 3.63) is 54.4 Å². The van der Waals surface area contributed by atoms with E-state index in [-0.39, 0.29) is 18.9 Å². The first-order valence-electron chi connectivity index (χ1n) is 10.5. The van der Waals surface area contributed by atoms with Crippen LogP contribution in [0.2, 0.25) is 0 Å². The molecule has 1 aromatic carbocycles. The number of benzene rings is 1. The lowest BCUT2D eigenvalue weighted by atomic mass is 10.0. The van der Waals surface area contributed by atoms with Gasteiger partial charge in [0.15, 0.2) is 5.82 Å². The van der Waals surface area contributed by atoms with Gasteiger partial charge in [-0.1, -0.05) is 12.1 Å². The Bertz CT molecular complexity index is 1080. The Labute approximate surface area is 186 Å². The number of hydrogen-bond acceptors (Lipinski definition) is 6. The summed E-state index contributed by atoms with van der Waals surface area (Å²) in [5.41, 5.74) is 8.79. The number of aliphatic imine (C=N–C) groups is 1. The number of para-hydroxylation sites is 2. The third-order valence-corrected chi connectivity index (χ3v) is 5.15. The summed E-state index contributed by atoms with van der Waals surface area (Å²) in [6, 6.07) is 10.0. The first-order valence-corrected chi connectivity index (χ1v) is 10.5. The molecule has 3 heterocycles. The zero-order chi connectivity index (χ0) is 22.8. The quantitative estimate of drug-likeness (QED) is 0.467. The SMILES string of the molecule is Cn1nc(/C2=C/C=C/NCCC(CO)CCN=C2)cc1-c1nc2ccccc2[nH]1.NC=O. The summed E-state index contributed by atoms with van der Waals surface area (Å²) in [6.45, 7) is 1.73. The third kappa shape index (κ3) is 5.92. The number of aryl methyl sites for hydroxylation is 1. The first-order chi connectivity index (χ1) is 15.7. The van der Waals surface area contributed by atoms with Gasteiger partial charge in [0.2, 0.25) is 6.41 Å². The van der Waals surface area contributed by atoms with Gasteiger partial charge in [-0.05, 0) is 55.3 Å². The maximum absolute atomic E-state index is 9.49. The minimum absolute atomic E-state index is 0.199. The monoisotopic (exact) mass is 435 g/mol. The van der Waals surface area contributed by atoms with E-state index in [1.165, 1.54) is 0 Å². The number of H-pyrrole nitrogens is 1. The topological polar surface area (TPSA) is 134 Å². The van der Waals surface area contributed by atoms with E-state index >= 15 is 0 Å². The molecule has 2 aromatic heterocycles. The van der Waals surface area contributed by atoms with E-state index in [1.54, 1.807) is 0 Å². The maximum atomic E-state index is 9.49. The molecule has 0 fully saturated rings. The molecule has 0 spiro atoms. The van der Waals surface area contributed by atoms with Crippen LogP contribution in [0.1, 0.15) is 18.5 Å². The fourth-order valence-electron chi connectivity index (χ4n) is 3.44. The minimum Gasteiger partial charge on any atom is -0.396 e.